The van der Waals surface area contributed by atoms with E-state index in [1.165, 1.54) is 28.5 Å². The molecule has 3 rings (SSSR count). The van der Waals surface area contributed by atoms with E-state index in [0.717, 1.165) is 6.42 Å². The van der Waals surface area contributed by atoms with Gasteiger partial charge in [0.05, 0.1) is 16.6 Å². The van der Waals surface area contributed by atoms with Gasteiger partial charge in [-0.05, 0) is 49.1 Å². The summed E-state index contributed by atoms with van der Waals surface area (Å²) >= 11 is 1.40. The van der Waals surface area contributed by atoms with Crippen LogP contribution < -0.4 is 10.9 Å². The normalized spacial score (nSPS) is 11.2. The number of nitrogens with one attached hydrogen (secondary N) is 1. The molecule has 1 aromatic heterocycles. The minimum Gasteiger partial charge on any atom is -0.356 e. The van der Waals surface area contributed by atoms with Crippen molar-refractivity contribution in [3.05, 3.63) is 64.7 Å². The SMILES string of the molecule is CC(C)CCNC(=O)CCCSc1nc2ccccc2c(=O)n1-c1cccc(F)c1. The van der Waals surface area contributed by atoms with Crippen LogP contribution in [-0.2, 0) is 4.79 Å². The number of carbonyl (C=O) groups is 1. The van der Waals surface area contributed by atoms with E-state index in [2.05, 4.69) is 24.1 Å². The van der Waals surface area contributed by atoms with Crippen LogP contribution in [0.2, 0.25) is 0 Å². The maximum Gasteiger partial charge on any atom is 0.266 e. The van der Waals surface area contributed by atoms with Gasteiger partial charge >= 0.3 is 0 Å². The molecule has 0 aliphatic rings. The van der Waals surface area contributed by atoms with Gasteiger partial charge in [0.2, 0.25) is 5.91 Å². The highest BCUT2D eigenvalue weighted by atomic mass is 32.2. The number of hydrogen-bond acceptors (Lipinski definition) is 4. The molecule has 0 fully saturated rings. The van der Waals surface area contributed by atoms with Crippen molar-refractivity contribution in [1.82, 2.24) is 14.9 Å². The van der Waals surface area contributed by atoms with Crippen molar-refractivity contribution in [3.8, 4) is 5.69 Å². The molecule has 1 heterocycles. The maximum absolute atomic E-state index is 13.8. The van der Waals surface area contributed by atoms with Gasteiger partial charge in [0, 0.05) is 18.7 Å². The summed E-state index contributed by atoms with van der Waals surface area (Å²) in [7, 11) is 0. The van der Waals surface area contributed by atoms with Gasteiger partial charge in [-0.3, -0.25) is 14.2 Å². The number of nitrogens with zero attached hydrogens (tertiary/aromatic N) is 2. The van der Waals surface area contributed by atoms with E-state index in [1.54, 1.807) is 30.3 Å². The smallest absolute Gasteiger partial charge is 0.266 e. The molecule has 2 aromatic carbocycles. The second kappa shape index (κ2) is 10.4. The Morgan fingerprint density at radius 2 is 2.00 bits per heavy atom. The number of benzene rings is 2. The Morgan fingerprint density at radius 3 is 2.77 bits per heavy atom. The molecule has 0 atom stereocenters. The number of para-hydroxylation sites is 1. The summed E-state index contributed by atoms with van der Waals surface area (Å²) < 4.78 is 15.2. The lowest BCUT2D eigenvalue weighted by atomic mass is 10.1. The van der Waals surface area contributed by atoms with Gasteiger partial charge in [-0.25, -0.2) is 9.37 Å². The first kappa shape index (κ1) is 22.0. The van der Waals surface area contributed by atoms with Crippen LogP contribution in [0.1, 0.15) is 33.1 Å². The monoisotopic (exact) mass is 427 g/mol. The Bertz CT molecular complexity index is 1080. The third-order valence-electron chi connectivity index (χ3n) is 4.63. The molecule has 5 nitrogen and oxygen atoms in total. The Labute approximate surface area is 179 Å². The van der Waals surface area contributed by atoms with Crippen LogP contribution in [-0.4, -0.2) is 27.8 Å². The number of carbonyl (C=O) groups excluding carboxylic acids is 1. The molecular weight excluding hydrogens is 401 g/mol. The molecule has 30 heavy (non-hydrogen) atoms. The van der Waals surface area contributed by atoms with E-state index in [4.69, 9.17) is 0 Å². The molecule has 3 aromatic rings. The van der Waals surface area contributed by atoms with Gasteiger partial charge in [-0.2, -0.15) is 0 Å². The Morgan fingerprint density at radius 1 is 1.20 bits per heavy atom. The summed E-state index contributed by atoms with van der Waals surface area (Å²) in [5.41, 5.74) is 0.802. The van der Waals surface area contributed by atoms with Crippen LogP contribution in [0.15, 0.2) is 58.5 Å². The quantitative estimate of drug-likeness (QED) is 0.309. The highest BCUT2D eigenvalue weighted by molar-refractivity contribution is 7.99. The average molecular weight is 428 g/mol. The average Bonchev–Trinajstić information content (AvgIpc) is 2.71. The maximum atomic E-state index is 13.8. The van der Waals surface area contributed by atoms with Crippen molar-refractivity contribution < 1.29 is 9.18 Å². The standard InChI is InChI=1S/C23H26FN3O2S/c1-16(2)12-13-25-21(28)11-6-14-30-23-26-20-10-4-3-9-19(20)22(29)27(23)18-8-5-7-17(24)15-18/h3-5,7-10,15-16H,6,11-14H2,1-2H3,(H,25,28). The van der Waals surface area contributed by atoms with Crippen molar-refractivity contribution in [2.75, 3.05) is 12.3 Å². The van der Waals surface area contributed by atoms with Crippen LogP contribution in [0.3, 0.4) is 0 Å². The predicted octanol–water partition coefficient (Wildman–Crippen LogP) is 4.56. The fourth-order valence-corrected chi connectivity index (χ4v) is 3.99. The van der Waals surface area contributed by atoms with Crippen LogP contribution in [0.25, 0.3) is 16.6 Å². The molecule has 0 unspecified atom stereocenters. The van der Waals surface area contributed by atoms with Gasteiger partial charge in [0.1, 0.15) is 5.82 Å². The Balaban J connectivity index is 1.75. The molecule has 0 aliphatic carbocycles. The molecule has 1 N–H and O–H groups in total. The molecule has 0 spiro atoms. The fourth-order valence-electron chi connectivity index (χ4n) is 3.04. The zero-order chi connectivity index (χ0) is 21.5. The Hall–Kier alpha value is -2.67. The van der Waals surface area contributed by atoms with Gasteiger partial charge in [0.25, 0.3) is 5.56 Å². The molecule has 7 heteroatoms. The topological polar surface area (TPSA) is 64.0 Å². The second-order valence-corrected chi connectivity index (χ2v) is 8.58. The first-order valence-corrected chi connectivity index (χ1v) is 11.1. The molecule has 1 amide bonds. The fraction of sp³-hybridized carbons (Fsp3) is 0.348. The largest absolute Gasteiger partial charge is 0.356 e. The Kier molecular flexibility index (Phi) is 7.63. The highest BCUT2D eigenvalue weighted by Crippen LogP contribution is 2.22. The van der Waals surface area contributed by atoms with Crippen LogP contribution in [0.5, 0.6) is 0 Å². The van der Waals surface area contributed by atoms with E-state index in [-0.39, 0.29) is 11.5 Å². The van der Waals surface area contributed by atoms with Crippen LogP contribution >= 0.6 is 11.8 Å². The third kappa shape index (κ3) is 5.69. The first-order valence-electron chi connectivity index (χ1n) is 10.1. The molecule has 0 bridgehead atoms. The summed E-state index contributed by atoms with van der Waals surface area (Å²) in [5, 5.41) is 3.90. The third-order valence-corrected chi connectivity index (χ3v) is 5.66. The first-order chi connectivity index (χ1) is 14.5. The van der Waals surface area contributed by atoms with Crippen LogP contribution in [0.4, 0.5) is 4.39 Å². The van der Waals surface area contributed by atoms with Gasteiger partial charge in [-0.15, -0.1) is 0 Å². The van der Waals surface area contributed by atoms with E-state index < -0.39 is 5.82 Å². The van der Waals surface area contributed by atoms with E-state index in [9.17, 15) is 14.0 Å². The number of halogens is 1. The minimum absolute atomic E-state index is 0.0326. The lowest BCUT2D eigenvalue weighted by Crippen LogP contribution is -2.25. The zero-order valence-corrected chi connectivity index (χ0v) is 18.0. The number of aromatic nitrogens is 2. The van der Waals surface area contributed by atoms with E-state index in [0.29, 0.717) is 52.8 Å². The molecule has 0 radical (unpaired) electrons. The number of amides is 1. The lowest BCUT2D eigenvalue weighted by Gasteiger charge is -2.13. The van der Waals surface area contributed by atoms with Crippen molar-refractivity contribution >= 4 is 28.6 Å². The predicted molar refractivity (Wildman–Crippen MR) is 120 cm³/mol. The minimum atomic E-state index is -0.415. The van der Waals surface area contributed by atoms with E-state index >= 15 is 0 Å². The summed E-state index contributed by atoms with van der Waals surface area (Å²) in [6.45, 7) is 4.93. The number of fused-ring (bicyclic) bond motifs is 1. The summed E-state index contributed by atoms with van der Waals surface area (Å²) in [4.78, 5) is 29.7. The number of rotatable bonds is 9. The molecule has 0 saturated heterocycles. The van der Waals surface area contributed by atoms with Crippen molar-refractivity contribution in [2.45, 2.75) is 38.3 Å². The highest BCUT2D eigenvalue weighted by Gasteiger charge is 2.14. The van der Waals surface area contributed by atoms with Gasteiger partial charge in [0.15, 0.2) is 5.16 Å². The summed E-state index contributed by atoms with van der Waals surface area (Å²) in [5.74, 6) is 0.795. The zero-order valence-electron chi connectivity index (χ0n) is 17.2. The molecule has 158 valence electrons. The van der Waals surface area contributed by atoms with Gasteiger partial charge < -0.3 is 5.32 Å². The summed E-state index contributed by atoms with van der Waals surface area (Å²) in [6, 6.07) is 13.0. The van der Waals surface area contributed by atoms with Crippen LogP contribution in [0, 0.1) is 11.7 Å². The lowest BCUT2D eigenvalue weighted by molar-refractivity contribution is -0.121. The molecular formula is C23H26FN3O2S. The van der Waals surface area contributed by atoms with E-state index in [1.807, 2.05) is 6.07 Å². The summed E-state index contributed by atoms with van der Waals surface area (Å²) in [6.07, 6.45) is 2.04. The molecule has 0 saturated carbocycles. The number of thioether (sulfide) groups is 1. The van der Waals surface area contributed by atoms with Crippen molar-refractivity contribution in [1.29, 1.82) is 0 Å². The van der Waals surface area contributed by atoms with Gasteiger partial charge in [-0.1, -0.05) is 43.8 Å². The molecule has 0 aliphatic heterocycles. The van der Waals surface area contributed by atoms with Crippen molar-refractivity contribution in [3.63, 3.8) is 0 Å². The second-order valence-electron chi connectivity index (χ2n) is 7.52. The van der Waals surface area contributed by atoms with Crippen molar-refractivity contribution in [2.24, 2.45) is 5.92 Å². The number of hydrogen-bond donors (Lipinski definition) is 1.